The molecule has 1 saturated heterocycles. The SMILES string of the molecule is COc1ccc([C@@H]2C=C[C@@]3(O)C(=O)N(C(=O)OC(C)(C)C)C[C@H]3[C@H]2c2ccc(Cl)cc2)c(Cl)c1. The summed E-state index contributed by atoms with van der Waals surface area (Å²) in [5.74, 6) is -1.32. The van der Waals surface area contributed by atoms with Crippen LogP contribution in [0.3, 0.4) is 0 Å². The van der Waals surface area contributed by atoms with E-state index in [4.69, 9.17) is 32.7 Å². The Morgan fingerprint density at radius 1 is 1.15 bits per heavy atom. The number of hydrogen-bond acceptors (Lipinski definition) is 5. The van der Waals surface area contributed by atoms with Crippen molar-refractivity contribution >= 4 is 35.2 Å². The average Bonchev–Trinajstić information content (AvgIpc) is 3.04. The minimum atomic E-state index is -1.85. The summed E-state index contributed by atoms with van der Waals surface area (Å²) in [6.45, 7) is 5.19. The van der Waals surface area contributed by atoms with E-state index in [0.717, 1.165) is 16.0 Å². The predicted octanol–water partition coefficient (Wildman–Crippen LogP) is 5.56. The molecule has 180 valence electrons. The van der Waals surface area contributed by atoms with Crippen LogP contribution in [0, 0.1) is 5.92 Å². The highest BCUT2D eigenvalue weighted by molar-refractivity contribution is 6.31. The van der Waals surface area contributed by atoms with Crippen molar-refractivity contribution in [3.8, 4) is 5.75 Å². The van der Waals surface area contributed by atoms with E-state index < -0.39 is 29.1 Å². The molecule has 0 aromatic heterocycles. The van der Waals surface area contributed by atoms with Crippen LogP contribution in [0.15, 0.2) is 54.6 Å². The first-order valence-corrected chi connectivity index (χ1v) is 11.8. The fraction of sp³-hybridized carbons (Fsp3) is 0.385. The monoisotopic (exact) mass is 503 g/mol. The normalized spacial score (nSPS) is 26.4. The average molecular weight is 504 g/mol. The highest BCUT2D eigenvalue weighted by Gasteiger charge is 2.59. The maximum atomic E-state index is 13.3. The number of fused-ring (bicyclic) bond motifs is 1. The number of rotatable bonds is 3. The number of carbonyl (C=O) groups is 2. The van der Waals surface area contributed by atoms with Gasteiger partial charge in [0.1, 0.15) is 11.4 Å². The molecular formula is C26H27Cl2NO5. The van der Waals surface area contributed by atoms with Gasteiger partial charge in [0, 0.05) is 34.3 Å². The number of nitrogens with zero attached hydrogens (tertiary/aromatic N) is 1. The molecule has 0 spiro atoms. The third-order valence-corrected chi connectivity index (χ3v) is 6.93. The van der Waals surface area contributed by atoms with Crippen LogP contribution in [-0.4, -0.2) is 46.9 Å². The van der Waals surface area contributed by atoms with Crippen LogP contribution in [-0.2, 0) is 9.53 Å². The van der Waals surface area contributed by atoms with Crippen LogP contribution in [0.2, 0.25) is 10.0 Å². The Kier molecular flexibility index (Phi) is 6.44. The fourth-order valence-corrected chi connectivity index (χ4v) is 5.22. The smallest absolute Gasteiger partial charge is 0.417 e. The summed E-state index contributed by atoms with van der Waals surface area (Å²) in [7, 11) is 1.57. The topological polar surface area (TPSA) is 76.1 Å². The van der Waals surface area contributed by atoms with Crippen molar-refractivity contribution in [3.05, 3.63) is 75.8 Å². The summed E-state index contributed by atoms with van der Waals surface area (Å²) in [5, 5.41) is 12.6. The van der Waals surface area contributed by atoms with Gasteiger partial charge in [-0.05, 0) is 62.2 Å². The molecule has 2 aromatic rings. The van der Waals surface area contributed by atoms with Gasteiger partial charge < -0.3 is 14.6 Å². The first-order valence-electron chi connectivity index (χ1n) is 11.0. The molecule has 2 amide bonds. The fourth-order valence-electron chi connectivity index (χ4n) is 4.80. The zero-order chi connectivity index (χ0) is 24.8. The van der Waals surface area contributed by atoms with Gasteiger partial charge in [-0.3, -0.25) is 4.79 Å². The van der Waals surface area contributed by atoms with E-state index in [9.17, 15) is 14.7 Å². The van der Waals surface area contributed by atoms with Crippen molar-refractivity contribution in [3.63, 3.8) is 0 Å². The molecule has 1 aliphatic carbocycles. The van der Waals surface area contributed by atoms with Crippen molar-refractivity contribution < 1.29 is 24.2 Å². The van der Waals surface area contributed by atoms with Gasteiger partial charge in [0.25, 0.3) is 5.91 Å². The first-order chi connectivity index (χ1) is 15.9. The molecule has 0 bridgehead atoms. The molecule has 4 atom stereocenters. The second kappa shape index (κ2) is 8.91. The van der Waals surface area contributed by atoms with Crippen LogP contribution in [0.1, 0.15) is 43.7 Å². The molecule has 34 heavy (non-hydrogen) atoms. The lowest BCUT2D eigenvalue weighted by molar-refractivity contribution is -0.140. The number of hydrogen-bond donors (Lipinski definition) is 1. The van der Waals surface area contributed by atoms with Crippen LogP contribution in [0.25, 0.3) is 0 Å². The first kappa shape index (κ1) is 24.6. The van der Waals surface area contributed by atoms with Crippen LogP contribution in [0.5, 0.6) is 5.75 Å². The van der Waals surface area contributed by atoms with Crippen molar-refractivity contribution in [2.45, 2.75) is 43.8 Å². The Morgan fingerprint density at radius 2 is 1.82 bits per heavy atom. The van der Waals surface area contributed by atoms with Gasteiger partial charge in [0.2, 0.25) is 0 Å². The maximum absolute atomic E-state index is 13.3. The Bertz CT molecular complexity index is 1140. The van der Waals surface area contributed by atoms with Gasteiger partial charge in [-0.1, -0.05) is 47.5 Å². The zero-order valence-corrected chi connectivity index (χ0v) is 20.9. The Morgan fingerprint density at radius 3 is 2.41 bits per heavy atom. The van der Waals surface area contributed by atoms with Crippen molar-refractivity contribution in [2.75, 3.05) is 13.7 Å². The van der Waals surface area contributed by atoms with Gasteiger partial charge in [-0.25, -0.2) is 9.69 Å². The van der Waals surface area contributed by atoms with Crippen molar-refractivity contribution in [1.82, 2.24) is 4.90 Å². The van der Waals surface area contributed by atoms with Gasteiger partial charge >= 0.3 is 6.09 Å². The summed E-state index contributed by atoms with van der Waals surface area (Å²) < 4.78 is 10.7. The van der Waals surface area contributed by atoms with Crippen molar-refractivity contribution in [1.29, 1.82) is 0 Å². The van der Waals surface area contributed by atoms with E-state index in [1.807, 2.05) is 24.3 Å². The summed E-state index contributed by atoms with van der Waals surface area (Å²) >= 11 is 12.8. The molecule has 0 saturated carbocycles. The van der Waals surface area contributed by atoms with E-state index >= 15 is 0 Å². The number of aliphatic hydroxyl groups is 1. The van der Waals surface area contributed by atoms with E-state index in [2.05, 4.69) is 0 Å². The Labute approximate surface area is 209 Å². The number of allylic oxidation sites excluding steroid dienone is 1. The highest BCUT2D eigenvalue weighted by atomic mass is 35.5. The Hall–Kier alpha value is -2.54. The number of halogens is 2. The summed E-state index contributed by atoms with van der Waals surface area (Å²) in [4.78, 5) is 27.1. The van der Waals surface area contributed by atoms with Crippen LogP contribution < -0.4 is 4.74 Å². The zero-order valence-electron chi connectivity index (χ0n) is 19.4. The van der Waals surface area contributed by atoms with Gasteiger partial charge in [0.05, 0.1) is 7.11 Å². The number of benzene rings is 2. The number of amides is 2. The lowest BCUT2D eigenvalue weighted by Crippen LogP contribution is -2.47. The molecular weight excluding hydrogens is 477 g/mol. The molecule has 1 heterocycles. The minimum absolute atomic E-state index is 0.00610. The minimum Gasteiger partial charge on any atom is -0.497 e. The number of carbonyl (C=O) groups excluding carboxylic acids is 2. The lowest BCUT2D eigenvalue weighted by atomic mass is 9.65. The van der Waals surface area contributed by atoms with E-state index in [-0.39, 0.29) is 18.4 Å². The third kappa shape index (κ3) is 4.42. The van der Waals surface area contributed by atoms with E-state index in [1.165, 1.54) is 6.08 Å². The van der Waals surface area contributed by atoms with Crippen LogP contribution in [0.4, 0.5) is 4.79 Å². The molecule has 1 fully saturated rings. The molecule has 6 nitrogen and oxygen atoms in total. The lowest BCUT2D eigenvalue weighted by Gasteiger charge is -2.40. The molecule has 4 rings (SSSR count). The second-order valence-corrected chi connectivity index (χ2v) is 10.5. The molecule has 1 N–H and O–H groups in total. The molecule has 2 aliphatic rings. The third-order valence-electron chi connectivity index (χ3n) is 6.35. The van der Waals surface area contributed by atoms with Crippen LogP contribution >= 0.6 is 23.2 Å². The maximum Gasteiger partial charge on any atom is 0.417 e. The quantitative estimate of drug-likeness (QED) is 0.554. The number of methoxy groups -OCH3 is 1. The highest BCUT2D eigenvalue weighted by Crippen LogP contribution is 2.52. The standard InChI is InChI=1S/C26H27Cl2NO5/c1-25(2,3)34-24(31)29-14-20-22(15-5-7-16(27)8-6-15)19(11-12-26(20,32)23(29)30)18-10-9-17(33-4)13-21(18)28/h5-13,19-20,22,32H,14H2,1-4H3/t19-,20-,22-,26-/m0/s1. The molecule has 2 aromatic carbocycles. The summed E-state index contributed by atoms with van der Waals surface area (Å²) in [6, 6.07) is 12.7. The molecule has 1 aliphatic heterocycles. The Balaban J connectivity index is 1.80. The summed E-state index contributed by atoms with van der Waals surface area (Å²) in [5.41, 5.74) is -0.939. The number of ether oxygens (including phenoxy) is 2. The molecule has 0 unspecified atom stereocenters. The second-order valence-electron chi connectivity index (χ2n) is 9.68. The van der Waals surface area contributed by atoms with E-state index in [0.29, 0.717) is 15.8 Å². The summed E-state index contributed by atoms with van der Waals surface area (Å²) in [6.07, 6.45) is 2.50. The number of imide groups is 1. The molecule has 8 heteroatoms. The predicted molar refractivity (Wildman–Crippen MR) is 130 cm³/mol. The molecule has 0 radical (unpaired) electrons. The van der Waals surface area contributed by atoms with Crippen molar-refractivity contribution in [2.24, 2.45) is 5.92 Å². The van der Waals surface area contributed by atoms with Gasteiger partial charge in [-0.2, -0.15) is 0 Å². The largest absolute Gasteiger partial charge is 0.497 e. The van der Waals surface area contributed by atoms with E-state index in [1.54, 1.807) is 52.2 Å². The number of likely N-dealkylation sites (tertiary alicyclic amines) is 1. The van der Waals surface area contributed by atoms with Gasteiger partial charge in [-0.15, -0.1) is 0 Å². The van der Waals surface area contributed by atoms with Gasteiger partial charge in [0.15, 0.2) is 5.60 Å².